The number of methoxy groups -OCH3 is 1. The van der Waals surface area contributed by atoms with Crippen LogP contribution in [-0.4, -0.2) is 31.1 Å². The summed E-state index contributed by atoms with van der Waals surface area (Å²) in [6.07, 6.45) is 5.14. The second-order valence-corrected chi connectivity index (χ2v) is 8.85. The molecule has 0 saturated carbocycles. The van der Waals surface area contributed by atoms with Crippen molar-refractivity contribution >= 4 is 17.9 Å². The van der Waals surface area contributed by atoms with Crippen LogP contribution in [0.3, 0.4) is 0 Å². The lowest BCUT2D eigenvalue weighted by molar-refractivity contribution is -0.168. The van der Waals surface area contributed by atoms with Gasteiger partial charge in [-0.3, -0.25) is 14.4 Å². The molecule has 1 spiro atoms. The molecular weight excluding hydrogens is 388 g/mol. The van der Waals surface area contributed by atoms with Crippen LogP contribution in [0.1, 0.15) is 64.5 Å². The fourth-order valence-electron chi connectivity index (χ4n) is 5.82. The van der Waals surface area contributed by atoms with Crippen LogP contribution in [0.2, 0.25) is 0 Å². The zero-order valence-corrected chi connectivity index (χ0v) is 17.9. The van der Waals surface area contributed by atoms with Crippen molar-refractivity contribution in [3.8, 4) is 0 Å². The van der Waals surface area contributed by atoms with E-state index in [1.54, 1.807) is 19.5 Å². The van der Waals surface area contributed by atoms with Crippen LogP contribution in [0.5, 0.6) is 0 Å². The van der Waals surface area contributed by atoms with Gasteiger partial charge in [-0.1, -0.05) is 12.5 Å². The topological polar surface area (TPSA) is 92.0 Å². The van der Waals surface area contributed by atoms with Crippen molar-refractivity contribution in [2.45, 2.75) is 65.1 Å². The van der Waals surface area contributed by atoms with E-state index in [1.165, 1.54) is 14.0 Å². The predicted octanol–water partition coefficient (Wildman–Crippen LogP) is 3.89. The number of esters is 3. The molecule has 0 aromatic carbocycles. The van der Waals surface area contributed by atoms with Gasteiger partial charge in [-0.15, -0.1) is 0 Å². The highest BCUT2D eigenvalue weighted by molar-refractivity contribution is 5.87. The summed E-state index contributed by atoms with van der Waals surface area (Å²) in [5.74, 6) is -1.04. The SMILES string of the molecule is COC(=O)[C@@]1(C)C2=C(CC[C@H]1OC(C)=O)[C@@]1(C[C@@H](c3ccoc3)OC1=O)[C@H](C)CC2. The van der Waals surface area contributed by atoms with E-state index in [0.29, 0.717) is 25.7 Å². The third-order valence-corrected chi connectivity index (χ3v) is 7.45. The monoisotopic (exact) mass is 416 g/mol. The minimum atomic E-state index is -1.12. The van der Waals surface area contributed by atoms with E-state index >= 15 is 0 Å². The van der Waals surface area contributed by atoms with E-state index < -0.39 is 28.9 Å². The van der Waals surface area contributed by atoms with E-state index in [-0.39, 0.29) is 18.0 Å². The summed E-state index contributed by atoms with van der Waals surface area (Å²) in [6, 6.07) is 1.82. The molecule has 1 saturated heterocycles. The molecule has 1 aromatic heterocycles. The zero-order chi connectivity index (χ0) is 21.7. The van der Waals surface area contributed by atoms with Gasteiger partial charge < -0.3 is 18.6 Å². The van der Waals surface area contributed by atoms with Crippen LogP contribution in [0.15, 0.2) is 34.2 Å². The van der Waals surface area contributed by atoms with E-state index in [1.807, 2.05) is 6.07 Å². The second kappa shape index (κ2) is 7.29. The van der Waals surface area contributed by atoms with Crippen molar-refractivity contribution in [1.82, 2.24) is 0 Å². The molecule has 0 bridgehead atoms. The number of furan rings is 1. The summed E-state index contributed by atoms with van der Waals surface area (Å²) in [4.78, 5) is 38.0. The molecule has 1 aliphatic heterocycles. The van der Waals surface area contributed by atoms with Crippen LogP contribution in [-0.2, 0) is 28.6 Å². The molecule has 7 nitrogen and oxygen atoms in total. The Labute approximate surface area is 175 Å². The van der Waals surface area contributed by atoms with Gasteiger partial charge in [0, 0.05) is 18.9 Å². The molecule has 4 rings (SSSR count). The van der Waals surface area contributed by atoms with Crippen molar-refractivity contribution in [3.63, 3.8) is 0 Å². The molecule has 2 heterocycles. The van der Waals surface area contributed by atoms with E-state index in [2.05, 4.69) is 6.92 Å². The van der Waals surface area contributed by atoms with E-state index in [0.717, 1.165) is 23.1 Å². The first-order valence-corrected chi connectivity index (χ1v) is 10.5. The molecule has 0 amide bonds. The third-order valence-electron chi connectivity index (χ3n) is 7.45. The average molecular weight is 416 g/mol. The first-order chi connectivity index (χ1) is 14.2. The van der Waals surface area contributed by atoms with E-state index in [4.69, 9.17) is 18.6 Å². The Kier molecular flexibility index (Phi) is 5.03. The van der Waals surface area contributed by atoms with Crippen LogP contribution in [0, 0.1) is 16.7 Å². The lowest BCUT2D eigenvalue weighted by atomic mass is 9.54. The fraction of sp³-hybridized carbons (Fsp3) is 0.609. The first-order valence-electron chi connectivity index (χ1n) is 10.5. The Morgan fingerprint density at radius 1 is 1.20 bits per heavy atom. The zero-order valence-electron chi connectivity index (χ0n) is 17.9. The van der Waals surface area contributed by atoms with Crippen LogP contribution in [0.25, 0.3) is 0 Å². The summed E-state index contributed by atoms with van der Waals surface area (Å²) in [5.41, 5.74) is 0.772. The normalized spacial score (nSPS) is 35.7. The maximum atomic E-state index is 13.3. The molecule has 0 unspecified atom stereocenters. The molecule has 5 atom stereocenters. The number of fused-ring (bicyclic) bond motifs is 1. The molecule has 3 aliphatic rings. The Bertz CT molecular complexity index is 899. The number of hydrogen-bond acceptors (Lipinski definition) is 7. The van der Waals surface area contributed by atoms with Crippen molar-refractivity contribution in [3.05, 3.63) is 35.3 Å². The van der Waals surface area contributed by atoms with Gasteiger partial charge in [0.1, 0.15) is 17.6 Å². The Morgan fingerprint density at radius 2 is 1.93 bits per heavy atom. The summed E-state index contributed by atoms with van der Waals surface area (Å²) in [7, 11) is 1.34. The minimum absolute atomic E-state index is 0.0767. The molecule has 7 heteroatoms. The van der Waals surface area contributed by atoms with Gasteiger partial charge in [0.25, 0.3) is 0 Å². The fourth-order valence-corrected chi connectivity index (χ4v) is 5.82. The lowest BCUT2D eigenvalue weighted by Crippen LogP contribution is -2.52. The Balaban J connectivity index is 1.83. The number of carbonyl (C=O) groups is 3. The minimum Gasteiger partial charge on any atom is -0.472 e. The summed E-state index contributed by atoms with van der Waals surface area (Å²) in [5, 5.41) is 0. The van der Waals surface area contributed by atoms with Gasteiger partial charge >= 0.3 is 17.9 Å². The molecule has 30 heavy (non-hydrogen) atoms. The van der Waals surface area contributed by atoms with Gasteiger partial charge in [0.2, 0.25) is 0 Å². The van der Waals surface area contributed by atoms with Crippen molar-refractivity contribution in [1.29, 1.82) is 0 Å². The van der Waals surface area contributed by atoms with Crippen molar-refractivity contribution in [2.75, 3.05) is 7.11 Å². The largest absolute Gasteiger partial charge is 0.472 e. The standard InChI is InChI=1S/C23H28O7/c1-13-5-6-16-17(7-8-19(29-14(2)24)22(16,3)20(25)27-4)23(13)11-18(30-21(23)26)15-9-10-28-12-15/h9-10,12-13,18-19H,5-8,11H2,1-4H3/t13-,18+,19-,22+,23-/m1/s1. The summed E-state index contributed by atoms with van der Waals surface area (Å²) < 4.78 is 21.7. The lowest BCUT2D eigenvalue weighted by Gasteiger charge is -2.49. The van der Waals surface area contributed by atoms with Gasteiger partial charge in [-0.05, 0) is 50.2 Å². The average Bonchev–Trinajstić information content (AvgIpc) is 3.35. The van der Waals surface area contributed by atoms with Crippen molar-refractivity contribution in [2.24, 2.45) is 16.7 Å². The Hall–Kier alpha value is -2.57. The molecule has 1 fully saturated rings. The molecular formula is C23H28O7. The Morgan fingerprint density at radius 3 is 2.57 bits per heavy atom. The highest BCUT2D eigenvalue weighted by atomic mass is 16.6. The second-order valence-electron chi connectivity index (χ2n) is 8.85. The summed E-state index contributed by atoms with van der Waals surface area (Å²) >= 11 is 0. The quantitative estimate of drug-likeness (QED) is 0.419. The first kappa shape index (κ1) is 20.7. The van der Waals surface area contributed by atoms with Crippen molar-refractivity contribution < 1.29 is 33.0 Å². The number of cyclic esters (lactones) is 1. The number of ether oxygens (including phenoxy) is 3. The van der Waals surface area contributed by atoms with Gasteiger partial charge in [-0.25, -0.2) is 0 Å². The third kappa shape index (κ3) is 2.81. The molecule has 2 aliphatic carbocycles. The molecule has 0 radical (unpaired) electrons. The maximum absolute atomic E-state index is 13.3. The number of rotatable bonds is 3. The van der Waals surface area contributed by atoms with Crippen LogP contribution in [0.4, 0.5) is 0 Å². The van der Waals surface area contributed by atoms with Gasteiger partial charge in [-0.2, -0.15) is 0 Å². The highest BCUT2D eigenvalue weighted by Gasteiger charge is 2.62. The number of hydrogen-bond donors (Lipinski definition) is 0. The molecule has 1 aromatic rings. The van der Waals surface area contributed by atoms with Gasteiger partial charge in [0.15, 0.2) is 0 Å². The highest BCUT2D eigenvalue weighted by Crippen LogP contribution is 2.62. The van der Waals surface area contributed by atoms with Crippen LogP contribution >= 0.6 is 0 Å². The summed E-state index contributed by atoms with van der Waals surface area (Å²) in [6.45, 7) is 5.20. The molecule has 162 valence electrons. The van der Waals surface area contributed by atoms with Gasteiger partial charge in [0.05, 0.1) is 25.1 Å². The smallest absolute Gasteiger partial charge is 0.319 e. The van der Waals surface area contributed by atoms with E-state index in [9.17, 15) is 14.4 Å². The number of carbonyl (C=O) groups excluding carboxylic acids is 3. The maximum Gasteiger partial charge on any atom is 0.319 e. The molecule has 0 N–H and O–H groups in total. The van der Waals surface area contributed by atoms with Crippen LogP contribution < -0.4 is 0 Å². The predicted molar refractivity (Wildman–Crippen MR) is 105 cm³/mol.